The number of methoxy groups -OCH3 is 2. The first-order valence-electron chi connectivity index (χ1n) is 8.05. The Kier molecular flexibility index (Phi) is 6.29. The fourth-order valence-corrected chi connectivity index (χ4v) is 3.61. The summed E-state index contributed by atoms with van der Waals surface area (Å²) in [6.45, 7) is 3.40. The summed E-state index contributed by atoms with van der Waals surface area (Å²) in [7, 11) is 2.92. The molecule has 134 valence electrons. The summed E-state index contributed by atoms with van der Waals surface area (Å²) < 4.78 is 24.6. The molecular weight excluding hydrogens is 335 g/mol. The maximum Gasteiger partial charge on any atom is 0.256 e. The van der Waals surface area contributed by atoms with Crippen LogP contribution in [0.3, 0.4) is 0 Å². The predicted octanol–water partition coefficient (Wildman–Crippen LogP) is 2.34. The third-order valence-corrected chi connectivity index (χ3v) is 5.01. The molecule has 0 aliphatic carbocycles. The van der Waals surface area contributed by atoms with Crippen LogP contribution in [0.25, 0.3) is 0 Å². The summed E-state index contributed by atoms with van der Waals surface area (Å²) in [6.07, 6.45) is 1.94. The Bertz CT molecular complexity index is 585. The van der Waals surface area contributed by atoms with Gasteiger partial charge in [-0.25, -0.2) is 4.39 Å². The second-order valence-electron chi connectivity index (χ2n) is 6.23. The van der Waals surface area contributed by atoms with Crippen LogP contribution in [0.2, 0.25) is 0 Å². The Morgan fingerprint density at radius 2 is 1.67 bits per heavy atom. The molecule has 0 unspecified atom stereocenters. The van der Waals surface area contributed by atoms with Gasteiger partial charge in [-0.05, 0) is 43.8 Å². The normalized spacial score (nSPS) is 23.0. The summed E-state index contributed by atoms with van der Waals surface area (Å²) in [5.74, 6) is 1.08. The molecule has 2 aliphatic heterocycles. The lowest BCUT2D eigenvalue weighted by Gasteiger charge is -2.22. The topological polar surface area (TPSA) is 50.8 Å². The second kappa shape index (κ2) is 8.03. The van der Waals surface area contributed by atoms with Crippen molar-refractivity contribution >= 4 is 18.3 Å². The average molecular weight is 359 g/mol. The Balaban J connectivity index is 0.00000208. The minimum absolute atomic E-state index is 0. The van der Waals surface area contributed by atoms with Gasteiger partial charge in [0.2, 0.25) is 0 Å². The Labute approximate surface area is 147 Å². The standard InChI is InChI=1S/C17H23FN2O3.ClH/c1-22-15-7-13(14(18)8-16(15)23-2)17(21)20-5-3-11-9-19-10-12(11)4-6-20;/h7-8,11-12,19H,3-6,9-10H2,1-2H3;1H/t11-,12+;. The van der Waals surface area contributed by atoms with Crippen molar-refractivity contribution in [3.63, 3.8) is 0 Å². The van der Waals surface area contributed by atoms with Crippen molar-refractivity contribution in [2.75, 3.05) is 40.4 Å². The molecule has 1 amide bonds. The maximum absolute atomic E-state index is 14.3. The monoisotopic (exact) mass is 358 g/mol. The number of carbonyl (C=O) groups excluding carboxylic acids is 1. The largest absolute Gasteiger partial charge is 0.493 e. The number of halogens is 2. The minimum Gasteiger partial charge on any atom is -0.493 e. The van der Waals surface area contributed by atoms with Gasteiger partial charge in [0.1, 0.15) is 5.82 Å². The van der Waals surface area contributed by atoms with E-state index in [1.807, 2.05) is 0 Å². The molecule has 7 heteroatoms. The molecule has 1 aromatic rings. The van der Waals surface area contributed by atoms with Gasteiger partial charge in [0.15, 0.2) is 11.5 Å². The molecule has 5 nitrogen and oxygen atoms in total. The molecule has 2 heterocycles. The van der Waals surface area contributed by atoms with Gasteiger partial charge in [-0.1, -0.05) is 0 Å². The highest BCUT2D eigenvalue weighted by atomic mass is 35.5. The number of amides is 1. The molecular formula is C17H24ClFN2O3. The van der Waals surface area contributed by atoms with Crippen LogP contribution in [0.5, 0.6) is 11.5 Å². The molecule has 1 N–H and O–H groups in total. The molecule has 1 aromatic carbocycles. The van der Waals surface area contributed by atoms with Crippen molar-refractivity contribution in [2.45, 2.75) is 12.8 Å². The van der Waals surface area contributed by atoms with Gasteiger partial charge in [0, 0.05) is 19.2 Å². The summed E-state index contributed by atoms with van der Waals surface area (Å²) >= 11 is 0. The quantitative estimate of drug-likeness (QED) is 0.901. The lowest BCUT2D eigenvalue weighted by Crippen LogP contribution is -2.33. The number of nitrogens with zero attached hydrogens (tertiary/aromatic N) is 1. The van der Waals surface area contributed by atoms with Crippen molar-refractivity contribution in [2.24, 2.45) is 11.8 Å². The highest BCUT2D eigenvalue weighted by Gasteiger charge is 2.32. The van der Waals surface area contributed by atoms with Gasteiger partial charge < -0.3 is 19.7 Å². The molecule has 2 fully saturated rings. The number of benzene rings is 1. The van der Waals surface area contributed by atoms with Crippen molar-refractivity contribution in [1.29, 1.82) is 0 Å². The smallest absolute Gasteiger partial charge is 0.256 e. The number of ether oxygens (including phenoxy) is 2. The number of rotatable bonds is 3. The third-order valence-electron chi connectivity index (χ3n) is 5.01. The first-order valence-corrected chi connectivity index (χ1v) is 8.05. The zero-order valence-corrected chi connectivity index (χ0v) is 14.8. The number of fused-ring (bicyclic) bond motifs is 1. The van der Waals surface area contributed by atoms with Gasteiger partial charge in [-0.3, -0.25) is 4.79 Å². The fourth-order valence-electron chi connectivity index (χ4n) is 3.61. The molecule has 0 saturated carbocycles. The lowest BCUT2D eigenvalue weighted by atomic mass is 9.92. The van der Waals surface area contributed by atoms with E-state index in [1.165, 1.54) is 26.4 Å². The Hall–Kier alpha value is -1.53. The van der Waals surface area contributed by atoms with E-state index in [4.69, 9.17) is 9.47 Å². The Morgan fingerprint density at radius 3 is 2.21 bits per heavy atom. The SMILES string of the molecule is COc1cc(F)c(C(=O)N2CC[C@@H]3CNC[C@@H]3CC2)cc1OC.Cl. The number of nitrogens with one attached hydrogen (secondary N) is 1. The van der Waals surface area contributed by atoms with E-state index in [0.717, 1.165) is 25.9 Å². The molecule has 24 heavy (non-hydrogen) atoms. The summed E-state index contributed by atoms with van der Waals surface area (Å²) in [5, 5.41) is 3.41. The van der Waals surface area contributed by atoms with Gasteiger partial charge in [0.05, 0.1) is 19.8 Å². The highest BCUT2D eigenvalue weighted by molar-refractivity contribution is 5.95. The van der Waals surface area contributed by atoms with E-state index >= 15 is 0 Å². The van der Waals surface area contributed by atoms with Gasteiger partial charge in [-0.2, -0.15) is 0 Å². The summed E-state index contributed by atoms with van der Waals surface area (Å²) in [4.78, 5) is 14.5. The molecule has 2 saturated heterocycles. The molecule has 2 aliphatic rings. The molecule has 2 atom stereocenters. The molecule has 0 bridgehead atoms. The number of carbonyl (C=O) groups is 1. The van der Waals surface area contributed by atoms with Crippen LogP contribution in [-0.2, 0) is 0 Å². The van der Waals surface area contributed by atoms with E-state index in [1.54, 1.807) is 4.90 Å². The second-order valence-corrected chi connectivity index (χ2v) is 6.23. The van der Waals surface area contributed by atoms with Crippen LogP contribution in [0.4, 0.5) is 4.39 Å². The maximum atomic E-state index is 14.3. The van der Waals surface area contributed by atoms with E-state index in [-0.39, 0.29) is 29.6 Å². The van der Waals surface area contributed by atoms with E-state index in [0.29, 0.717) is 30.7 Å². The third kappa shape index (κ3) is 3.59. The Morgan fingerprint density at radius 1 is 1.12 bits per heavy atom. The van der Waals surface area contributed by atoms with Crippen molar-refractivity contribution in [3.05, 3.63) is 23.5 Å². The minimum atomic E-state index is -0.571. The van der Waals surface area contributed by atoms with Crippen LogP contribution < -0.4 is 14.8 Å². The number of hydrogen-bond donors (Lipinski definition) is 1. The molecule has 3 rings (SSSR count). The van der Waals surface area contributed by atoms with Gasteiger partial charge in [0.25, 0.3) is 5.91 Å². The first-order chi connectivity index (χ1) is 11.1. The van der Waals surface area contributed by atoms with Gasteiger partial charge in [-0.15, -0.1) is 12.4 Å². The average Bonchev–Trinajstić information content (AvgIpc) is 2.92. The highest BCUT2D eigenvalue weighted by Crippen LogP contribution is 2.32. The summed E-state index contributed by atoms with van der Waals surface area (Å²) in [5.41, 5.74) is 0.0489. The number of likely N-dealkylation sites (tertiary alicyclic amines) is 1. The predicted molar refractivity (Wildman–Crippen MR) is 91.7 cm³/mol. The zero-order chi connectivity index (χ0) is 16.4. The van der Waals surface area contributed by atoms with Crippen LogP contribution >= 0.6 is 12.4 Å². The van der Waals surface area contributed by atoms with Gasteiger partial charge >= 0.3 is 0 Å². The number of hydrogen-bond acceptors (Lipinski definition) is 4. The van der Waals surface area contributed by atoms with Crippen LogP contribution in [0, 0.1) is 17.7 Å². The van der Waals surface area contributed by atoms with Crippen LogP contribution in [0.15, 0.2) is 12.1 Å². The molecule has 0 spiro atoms. The van der Waals surface area contributed by atoms with Crippen molar-refractivity contribution < 1.29 is 18.7 Å². The van der Waals surface area contributed by atoms with Crippen LogP contribution in [0.1, 0.15) is 23.2 Å². The van der Waals surface area contributed by atoms with Crippen molar-refractivity contribution in [3.8, 4) is 11.5 Å². The lowest BCUT2D eigenvalue weighted by molar-refractivity contribution is 0.0753. The molecule has 0 aromatic heterocycles. The summed E-state index contributed by atoms with van der Waals surface area (Å²) in [6, 6.07) is 2.65. The first kappa shape index (κ1) is 18.8. The molecule has 0 radical (unpaired) electrons. The van der Waals surface area contributed by atoms with E-state index in [9.17, 15) is 9.18 Å². The zero-order valence-electron chi connectivity index (χ0n) is 14.0. The fraction of sp³-hybridized carbons (Fsp3) is 0.588. The van der Waals surface area contributed by atoms with Crippen molar-refractivity contribution in [1.82, 2.24) is 10.2 Å². The van der Waals surface area contributed by atoms with E-state index in [2.05, 4.69) is 5.32 Å². The van der Waals surface area contributed by atoms with E-state index < -0.39 is 5.82 Å². The van der Waals surface area contributed by atoms with Crippen LogP contribution in [-0.4, -0.2) is 51.2 Å².